The van der Waals surface area contributed by atoms with Gasteiger partial charge in [0.1, 0.15) is 17.0 Å². The lowest BCUT2D eigenvalue weighted by molar-refractivity contribution is 0.0222. The van der Waals surface area contributed by atoms with E-state index in [2.05, 4.69) is 10.3 Å². The summed E-state index contributed by atoms with van der Waals surface area (Å²) in [5, 5.41) is 11.8. The van der Waals surface area contributed by atoms with Gasteiger partial charge in [-0.3, -0.25) is 0 Å². The highest BCUT2D eigenvalue weighted by Gasteiger charge is 2.24. The fourth-order valence-corrected chi connectivity index (χ4v) is 2.23. The number of carboxylic acid groups (broad SMARTS) is 1. The molecule has 10 nitrogen and oxygen atoms in total. The zero-order chi connectivity index (χ0) is 23.1. The van der Waals surface area contributed by atoms with Crippen LogP contribution in [-0.4, -0.2) is 64.5 Å². The number of nitrogens with one attached hydrogen (secondary N) is 1. The number of pyridine rings is 1. The number of carbonyl (C=O) groups excluding carboxylic acids is 2. The topological polar surface area (TPSA) is 127 Å². The first-order chi connectivity index (χ1) is 13.7. The molecular weight excluding hydrogens is 394 g/mol. The van der Waals surface area contributed by atoms with Crippen LogP contribution in [-0.2, 0) is 16.0 Å². The van der Waals surface area contributed by atoms with Crippen molar-refractivity contribution in [1.82, 2.24) is 15.2 Å². The van der Waals surface area contributed by atoms with E-state index in [1.54, 1.807) is 41.5 Å². The molecule has 0 aliphatic carbocycles. The van der Waals surface area contributed by atoms with Crippen LogP contribution in [0.1, 0.15) is 57.7 Å². The minimum atomic E-state index is -1.22. The Morgan fingerprint density at radius 2 is 1.67 bits per heavy atom. The number of alkyl carbamates (subject to hydrolysis) is 1. The van der Waals surface area contributed by atoms with Crippen LogP contribution in [0.25, 0.3) is 0 Å². The second-order valence-corrected chi connectivity index (χ2v) is 8.52. The van der Waals surface area contributed by atoms with Gasteiger partial charge >= 0.3 is 18.2 Å². The van der Waals surface area contributed by atoms with Crippen molar-refractivity contribution in [2.45, 2.75) is 59.3 Å². The first kappa shape index (κ1) is 25.0. The summed E-state index contributed by atoms with van der Waals surface area (Å²) in [5.41, 5.74) is -1.29. The molecule has 1 rings (SSSR count). The van der Waals surface area contributed by atoms with Crippen molar-refractivity contribution < 1.29 is 33.7 Å². The van der Waals surface area contributed by atoms with Crippen molar-refractivity contribution in [3.05, 3.63) is 23.5 Å². The predicted molar refractivity (Wildman–Crippen MR) is 109 cm³/mol. The molecule has 0 aromatic carbocycles. The molecule has 0 fully saturated rings. The van der Waals surface area contributed by atoms with Gasteiger partial charge in [0.2, 0.25) is 0 Å². The highest BCUT2D eigenvalue weighted by Crippen LogP contribution is 2.17. The number of hydrogen-bond acceptors (Lipinski definition) is 7. The van der Waals surface area contributed by atoms with E-state index in [4.69, 9.17) is 14.2 Å². The molecule has 2 amide bonds. The van der Waals surface area contributed by atoms with Gasteiger partial charge in [-0.15, -0.1) is 0 Å². The largest absolute Gasteiger partial charge is 0.497 e. The van der Waals surface area contributed by atoms with Gasteiger partial charge in [-0.05, 0) is 41.5 Å². The number of amides is 2. The molecule has 1 aromatic heterocycles. The van der Waals surface area contributed by atoms with Crippen LogP contribution < -0.4 is 10.1 Å². The van der Waals surface area contributed by atoms with Gasteiger partial charge in [0.15, 0.2) is 5.69 Å². The molecule has 0 radical (unpaired) electrons. The van der Waals surface area contributed by atoms with Crippen LogP contribution in [0, 0.1) is 0 Å². The van der Waals surface area contributed by atoms with Crippen molar-refractivity contribution in [2.24, 2.45) is 0 Å². The Balaban J connectivity index is 2.96. The lowest BCUT2D eigenvalue weighted by atomic mass is 10.2. The lowest BCUT2D eigenvalue weighted by Gasteiger charge is -2.27. The van der Waals surface area contributed by atoms with E-state index >= 15 is 0 Å². The zero-order valence-electron chi connectivity index (χ0n) is 18.6. The summed E-state index contributed by atoms with van der Waals surface area (Å²) in [6.45, 7) is 10.6. The third-order valence-corrected chi connectivity index (χ3v) is 3.36. The van der Waals surface area contributed by atoms with Crippen molar-refractivity contribution in [3.63, 3.8) is 0 Å². The summed E-state index contributed by atoms with van der Waals surface area (Å²) in [4.78, 5) is 41.1. The third-order valence-electron chi connectivity index (χ3n) is 3.36. The zero-order valence-corrected chi connectivity index (χ0v) is 18.6. The molecule has 0 saturated heterocycles. The van der Waals surface area contributed by atoms with E-state index in [9.17, 15) is 19.5 Å². The molecule has 10 heteroatoms. The molecule has 0 unspecified atom stereocenters. The fraction of sp³-hybridized carbons (Fsp3) is 0.600. The van der Waals surface area contributed by atoms with Gasteiger partial charge in [-0.1, -0.05) is 0 Å². The maximum Gasteiger partial charge on any atom is 0.410 e. The van der Waals surface area contributed by atoms with Gasteiger partial charge < -0.3 is 29.5 Å². The van der Waals surface area contributed by atoms with E-state index < -0.39 is 29.4 Å². The second kappa shape index (κ2) is 10.1. The Morgan fingerprint density at radius 1 is 1.07 bits per heavy atom. The highest BCUT2D eigenvalue weighted by molar-refractivity contribution is 5.85. The Labute approximate surface area is 176 Å². The monoisotopic (exact) mass is 425 g/mol. The van der Waals surface area contributed by atoms with Crippen molar-refractivity contribution >= 4 is 18.2 Å². The van der Waals surface area contributed by atoms with Crippen LogP contribution in [0.15, 0.2) is 12.1 Å². The van der Waals surface area contributed by atoms with E-state index in [0.29, 0.717) is 11.4 Å². The standard InChI is InChI=1S/C20H31N3O7/c1-19(2,3)29-17(26)21-8-9-23(18(27)30-20(4,5)6)12-13-10-14(28-7)11-15(22-13)16(24)25/h10-11H,8-9,12H2,1-7H3,(H,21,26)(H,24,25). The summed E-state index contributed by atoms with van der Waals surface area (Å²) in [6.07, 6.45) is -1.24. The number of methoxy groups -OCH3 is 1. The minimum absolute atomic E-state index is 0.0393. The molecule has 0 aliphatic heterocycles. The first-order valence-corrected chi connectivity index (χ1v) is 9.43. The Bertz CT molecular complexity index is 767. The average molecular weight is 425 g/mol. The Hall–Kier alpha value is -3.04. The quantitative estimate of drug-likeness (QED) is 0.682. The number of hydrogen-bond donors (Lipinski definition) is 2. The van der Waals surface area contributed by atoms with E-state index in [0.717, 1.165) is 0 Å². The molecule has 0 spiro atoms. The van der Waals surface area contributed by atoms with E-state index in [1.807, 2.05) is 0 Å². The third kappa shape index (κ3) is 9.44. The van der Waals surface area contributed by atoms with Crippen LogP contribution >= 0.6 is 0 Å². The minimum Gasteiger partial charge on any atom is -0.497 e. The van der Waals surface area contributed by atoms with Crippen molar-refractivity contribution in [1.29, 1.82) is 0 Å². The normalized spacial score (nSPS) is 11.4. The van der Waals surface area contributed by atoms with E-state index in [-0.39, 0.29) is 25.3 Å². The predicted octanol–water partition coefficient (Wildman–Crippen LogP) is 3.05. The smallest absolute Gasteiger partial charge is 0.410 e. The lowest BCUT2D eigenvalue weighted by Crippen LogP contribution is -2.42. The molecule has 0 atom stereocenters. The fourth-order valence-electron chi connectivity index (χ4n) is 2.23. The first-order valence-electron chi connectivity index (χ1n) is 9.43. The molecule has 0 bridgehead atoms. The SMILES string of the molecule is COc1cc(CN(CCNC(=O)OC(C)(C)C)C(=O)OC(C)(C)C)nc(C(=O)O)c1. The van der Waals surface area contributed by atoms with Crippen LogP contribution in [0.3, 0.4) is 0 Å². The van der Waals surface area contributed by atoms with Gasteiger partial charge in [-0.25, -0.2) is 19.4 Å². The molecule has 168 valence electrons. The van der Waals surface area contributed by atoms with Crippen LogP contribution in [0.5, 0.6) is 5.75 Å². The molecule has 2 N–H and O–H groups in total. The van der Waals surface area contributed by atoms with Crippen LogP contribution in [0.2, 0.25) is 0 Å². The summed E-state index contributed by atoms with van der Waals surface area (Å²) >= 11 is 0. The number of aromatic carboxylic acids is 1. The van der Waals surface area contributed by atoms with E-state index in [1.165, 1.54) is 24.1 Å². The molecule has 0 saturated carbocycles. The van der Waals surface area contributed by atoms with Gasteiger partial charge in [-0.2, -0.15) is 0 Å². The maximum atomic E-state index is 12.6. The Morgan fingerprint density at radius 3 is 2.17 bits per heavy atom. The Kier molecular flexibility index (Phi) is 8.44. The molecule has 1 heterocycles. The average Bonchev–Trinajstić information content (AvgIpc) is 2.57. The van der Waals surface area contributed by atoms with Crippen molar-refractivity contribution in [3.8, 4) is 5.75 Å². The van der Waals surface area contributed by atoms with Gasteiger partial charge in [0, 0.05) is 25.2 Å². The maximum absolute atomic E-state index is 12.6. The molecular formula is C20H31N3O7. The van der Waals surface area contributed by atoms with Crippen molar-refractivity contribution in [2.75, 3.05) is 20.2 Å². The number of aromatic nitrogens is 1. The summed E-state index contributed by atoms with van der Waals surface area (Å²) in [6, 6.07) is 2.82. The number of nitrogens with zero attached hydrogens (tertiary/aromatic N) is 2. The van der Waals surface area contributed by atoms with Gasteiger partial charge in [0.05, 0.1) is 19.3 Å². The molecule has 1 aromatic rings. The highest BCUT2D eigenvalue weighted by atomic mass is 16.6. The second-order valence-electron chi connectivity index (χ2n) is 8.52. The van der Waals surface area contributed by atoms with Gasteiger partial charge in [0.25, 0.3) is 0 Å². The number of rotatable bonds is 7. The molecule has 0 aliphatic rings. The number of ether oxygens (including phenoxy) is 3. The summed E-state index contributed by atoms with van der Waals surface area (Å²) in [7, 11) is 1.40. The van der Waals surface area contributed by atoms with Crippen LogP contribution in [0.4, 0.5) is 9.59 Å². The number of carbonyl (C=O) groups is 3. The molecule has 30 heavy (non-hydrogen) atoms. The summed E-state index contributed by atoms with van der Waals surface area (Å²) in [5.74, 6) is -0.918. The summed E-state index contributed by atoms with van der Waals surface area (Å²) < 4.78 is 15.7. The number of carboxylic acids is 1.